The summed E-state index contributed by atoms with van der Waals surface area (Å²) in [4.78, 5) is 15.7. The van der Waals surface area contributed by atoms with E-state index in [0.29, 0.717) is 12.3 Å². The summed E-state index contributed by atoms with van der Waals surface area (Å²) in [7, 11) is 0. The number of hydrogen-bond donors (Lipinski definition) is 1. The van der Waals surface area contributed by atoms with Crippen LogP contribution in [0.4, 0.5) is 0 Å². The van der Waals surface area contributed by atoms with Crippen LogP contribution >= 0.6 is 27.7 Å². The van der Waals surface area contributed by atoms with E-state index in [9.17, 15) is 4.79 Å². The molecule has 2 rings (SSSR count). The van der Waals surface area contributed by atoms with Crippen molar-refractivity contribution in [3.63, 3.8) is 0 Å². The molecule has 21 heavy (non-hydrogen) atoms. The smallest absolute Gasteiger partial charge is 0.230 e. The number of thioether (sulfide) groups is 1. The van der Waals surface area contributed by atoms with Crippen LogP contribution in [-0.4, -0.2) is 27.8 Å². The molecule has 1 aromatic heterocycles. The lowest BCUT2D eigenvalue weighted by molar-refractivity contribution is -0.118. The second-order valence-electron chi connectivity index (χ2n) is 4.62. The lowest BCUT2D eigenvalue weighted by Crippen LogP contribution is -2.26. The molecule has 0 aliphatic rings. The van der Waals surface area contributed by atoms with E-state index in [0.717, 1.165) is 23.2 Å². The van der Waals surface area contributed by atoms with Gasteiger partial charge < -0.3 is 9.88 Å². The highest BCUT2D eigenvalue weighted by Gasteiger charge is 2.01. The summed E-state index contributed by atoms with van der Waals surface area (Å²) >= 11 is 5.04. The van der Waals surface area contributed by atoms with Gasteiger partial charge in [-0.05, 0) is 24.1 Å². The molecule has 1 heterocycles. The van der Waals surface area contributed by atoms with Gasteiger partial charge in [0.05, 0.1) is 12.1 Å². The average Bonchev–Trinajstić information content (AvgIpc) is 2.99. The van der Waals surface area contributed by atoms with Crippen LogP contribution in [0.3, 0.4) is 0 Å². The SMILES string of the molecule is O=C(CSCc1ccc(Br)cc1)NCCCn1ccnc1. The predicted molar refractivity (Wildman–Crippen MR) is 90.2 cm³/mol. The molecule has 0 aliphatic carbocycles. The number of rotatable bonds is 8. The van der Waals surface area contributed by atoms with Crippen molar-refractivity contribution in [2.24, 2.45) is 0 Å². The first kappa shape index (κ1) is 16.1. The maximum atomic E-state index is 11.7. The Bertz CT molecular complexity index is 543. The van der Waals surface area contributed by atoms with Gasteiger partial charge in [0.1, 0.15) is 0 Å². The summed E-state index contributed by atoms with van der Waals surface area (Å²) in [6, 6.07) is 8.18. The third kappa shape index (κ3) is 6.35. The van der Waals surface area contributed by atoms with Gasteiger partial charge in [-0.1, -0.05) is 28.1 Å². The summed E-state index contributed by atoms with van der Waals surface area (Å²) < 4.78 is 3.08. The van der Waals surface area contributed by atoms with E-state index in [1.54, 1.807) is 24.3 Å². The van der Waals surface area contributed by atoms with E-state index >= 15 is 0 Å². The largest absolute Gasteiger partial charge is 0.355 e. The van der Waals surface area contributed by atoms with Crippen molar-refractivity contribution >= 4 is 33.6 Å². The minimum atomic E-state index is 0.0998. The van der Waals surface area contributed by atoms with Crippen LogP contribution in [0.25, 0.3) is 0 Å². The summed E-state index contributed by atoms with van der Waals surface area (Å²) in [5.74, 6) is 1.46. The lowest BCUT2D eigenvalue weighted by Gasteiger charge is -2.06. The quantitative estimate of drug-likeness (QED) is 0.729. The first-order chi connectivity index (χ1) is 10.2. The minimum absolute atomic E-state index is 0.0998. The Morgan fingerprint density at radius 3 is 2.86 bits per heavy atom. The molecule has 112 valence electrons. The van der Waals surface area contributed by atoms with Crippen LogP contribution in [0.5, 0.6) is 0 Å². The average molecular weight is 368 g/mol. The number of amides is 1. The Kier molecular flexibility index (Phi) is 6.82. The molecule has 0 fully saturated rings. The molecule has 0 saturated heterocycles. The van der Waals surface area contributed by atoms with Crippen LogP contribution in [-0.2, 0) is 17.1 Å². The van der Waals surface area contributed by atoms with Crippen molar-refractivity contribution in [2.75, 3.05) is 12.3 Å². The van der Waals surface area contributed by atoms with Gasteiger partial charge in [-0.15, -0.1) is 11.8 Å². The number of halogens is 1. The summed E-state index contributed by atoms with van der Waals surface area (Å²) in [5, 5.41) is 2.94. The molecule has 4 nitrogen and oxygen atoms in total. The maximum absolute atomic E-state index is 11.7. The molecular formula is C15H18BrN3OS. The van der Waals surface area contributed by atoms with Gasteiger partial charge in [-0.25, -0.2) is 4.98 Å². The maximum Gasteiger partial charge on any atom is 0.230 e. The van der Waals surface area contributed by atoms with Gasteiger partial charge in [0, 0.05) is 35.7 Å². The zero-order valence-corrected chi connectivity index (χ0v) is 14.1. The number of nitrogens with one attached hydrogen (secondary N) is 1. The van der Waals surface area contributed by atoms with E-state index in [2.05, 4.69) is 38.4 Å². The second kappa shape index (κ2) is 8.89. The topological polar surface area (TPSA) is 46.9 Å². The van der Waals surface area contributed by atoms with Gasteiger partial charge in [0.25, 0.3) is 0 Å². The molecule has 1 N–H and O–H groups in total. The molecule has 0 spiro atoms. The minimum Gasteiger partial charge on any atom is -0.355 e. The lowest BCUT2D eigenvalue weighted by atomic mass is 10.2. The van der Waals surface area contributed by atoms with Gasteiger partial charge >= 0.3 is 0 Å². The van der Waals surface area contributed by atoms with Crippen molar-refractivity contribution in [2.45, 2.75) is 18.7 Å². The van der Waals surface area contributed by atoms with Gasteiger partial charge in [-0.3, -0.25) is 4.79 Å². The molecule has 0 saturated carbocycles. The van der Waals surface area contributed by atoms with E-state index in [1.165, 1.54) is 5.56 Å². The van der Waals surface area contributed by atoms with Crippen molar-refractivity contribution in [3.8, 4) is 0 Å². The Balaban J connectivity index is 1.54. The Morgan fingerprint density at radius 2 is 2.14 bits per heavy atom. The first-order valence-corrected chi connectivity index (χ1v) is 8.73. The molecular weight excluding hydrogens is 350 g/mol. The molecule has 0 aliphatic heterocycles. The standard InChI is InChI=1S/C15H18BrN3OS/c16-14-4-2-13(3-5-14)10-21-11-15(20)18-6-1-8-19-9-7-17-12-19/h2-5,7,9,12H,1,6,8,10-11H2,(H,18,20). The highest BCUT2D eigenvalue weighted by Crippen LogP contribution is 2.15. The van der Waals surface area contributed by atoms with E-state index in [-0.39, 0.29) is 5.91 Å². The summed E-state index contributed by atoms with van der Waals surface area (Å²) in [6.07, 6.45) is 6.39. The number of imidazole rings is 1. The number of carbonyl (C=O) groups excluding carboxylic acids is 1. The molecule has 1 aromatic carbocycles. The van der Waals surface area contributed by atoms with E-state index < -0.39 is 0 Å². The number of aryl methyl sites for hydroxylation is 1. The zero-order chi connectivity index (χ0) is 14.9. The molecule has 2 aromatic rings. The summed E-state index contributed by atoms with van der Waals surface area (Å²) in [5.41, 5.74) is 1.23. The number of benzene rings is 1. The van der Waals surface area contributed by atoms with Crippen molar-refractivity contribution in [3.05, 3.63) is 53.0 Å². The zero-order valence-electron chi connectivity index (χ0n) is 11.7. The monoisotopic (exact) mass is 367 g/mol. The first-order valence-electron chi connectivity index (χ1n) is 6.78. The van der Waals surface area contributed by atoms with Gasteiger partial charge in [0.15, 0.2) is 0 Å². The fraction of sp³-hybridized carbons (Fsp3) is 0.333. The third-order valence-corrected chi connectivity index (χ3v) is 4.42. The molecule has 6 heteroatoms. The Labute approximate surface area is 137 Å². The molecule has 0 bridgehead atoms. The van der Waals surface area contributed by atoms with Crippen LogP contribution < -0.4 is 5.32 Å². The van der Waals surface area contributed by atoms with Crippen molar-refractivity contribution in [1.29, 1.82) is 0 Å². The predicted octanol–water partition coefficient (Wildman–Crippen LogP) is 3.09. The van der Waals surface area contributed by atoms with Crippen LogP contribution in [0.2, 0.25) is 0 Å². The number of hydrogen-bond acceptors (Lipinski definition) is 3. The second-order valence-corrected chi connectivity index (χ2v) is 6.52. The molecule has 1 amide bonds. The van der Waals surface area contributed by atoms with Crippen molar-refractivity contribution < 1.29 is 4.79 Å². The van der Waals surface area contributed by atoms with Crippen LogP contribution in [0.15, 0.2) is 47.5 Å². The number of carbonyl (C=O) groups is 1. The third-order valence-electron chi connectivity index (χ3n) is 2.89. The number of aromatic nitrogens is 2. The fourth-order valence-electron chi connectivity index (χ4n) is 1.80. The van der Waals surface area contributed by atoms with Crippen LogP contribution in [0, 0.1) is 0 Å². The van der Waals surface area contributed by atoms with Crippen molar-refractivity contribution in [1.82, 2.24) is 14.9 Å². The number of nitrogens with zero attached hydrogens (tertiary/aromatic N) is 2. The highest BCUT2D eigenvalue weighted by atomic mass is 79.9. The Morgan fingerprint density at radius 1 is 1.33 bits per heavy atom. The molecule has 0 radical (unpaired) electrons. The Hall–Kier alpha value is -1.27. The van der Waals surface area contributed by atoms with Crippen LogP contribution in [0.1, 0.15) is 12.0 Å². The molecule has 0 atom stereocenters. The highest BCUT2D eigenvalue weighted by molar-refractivity contribution is 9.10. The van der Waals surface area contributed by atoms with Gasteiger partial charge in [0.2, 0.25) is 5.91 Å². The normalized spacial score (nSPS) is 10.5. The molecule has 0 unspecified atom stereocenters. The van der Waals surface area contributed by atoms with E-state index in [1.807, 2.05) is 22.9 Å². The van der Waals surface area contributed by atoms with Gasteiger partial charge in [-0.2, -0.15) is 0 Å². The fourth-order valence-corrected chi connectivity index (χ4v) is 2.88. The summed E-state index contributed by atoms with van der Waals surface area (Å²) in [6.45, 7) is 1.59. The van der Waals surface area contributed by atoms with E-state index in [4.69, 9.17) is 0 Å².